The van der Waals surface area contributed by atoms with Crippen LogP contribution in [0.25, 0.3) is 0 Å². The van der Waals surface area contributed by atoms with Gasteiger partial charge in [-0.1, -0.05) is 30.3 Å². The minimum atomic E-state index is -0.904. The molecule has 0 saturated carbocycles. The van der Waals surface area contributed by atoms with Gasteiger partial charge in [-0.15, -0.1) is 0 Å². The van der Waals surface area contributed by atoms with Gasteiger partial charge >= 0.3 is 0 Å². The molecule has 2 aromatic carbocycles. The maximum absolute atomic E-state index is 13.9. The van der Waals surface area contributed by atoms with Crippen molar-refractivity contribution in [1.29, 1.82) is 0 Å². The largest absolute Gasteiger partial charge is 0.496 e. The van der Waals surface area contributed by atoms with E-state index in [0.29, 0.717) is 11.3 Å². The van der Waals surface area contributed by atoms with Crippen LogP contribution in [0, 0.1) is 18.6 Å². The number of benzene rings is 2. The highest BCUT2D eigenvalue weighted by Gasteiger charge is 2.20. The fourth-order valence-corrected chi connectivity index (χ4v) is 1.99. The average Bonchev–Trinajstić information content (AvgIpc) is 2.44. The molecule has 2 rings (SSSR count). The number of methoxy groups -OCH3 is 1. The van der Waals surface area contributed by atoms with E-state index in [1.165, 1.54) is 26.2 Å². The van der Waals surface area contributed by atoms with Crippen LogP contribution in [0.3, 0.4) is 0 Å². The van der Waals surface area contributed by atoms with E-state index in [2.05, 4.69) is 0 Å². The molecule has 0 aliphatic carbocycles. The lowest BCUT2D eigenvalue weighted by atomic mass is 9.97. The van der Waals surface area contributed by atoms with Crippen LogP contribution in [-0.4, -0.2) is 7.11 Å². The molecule has 19 heavy (non-hydrogen) atoms. The summed E-state index contributed by atoms with van der Waals surface area (Å²) in [5.41, 5.74) is 7.02. The SMILES string of the molecule is COc1ccccc1C(N)c1ccc(C)c(F)c1F. The van der Waals surface area contributed by atoms with Crippen molar-refractivity contribution >= 4 is 0 Å². The van der Waals surface area contributed by atoms with Crippen molar-refractivity contribution in [3.8, 4) is 5.75 Å². The Labute approximate surface area is 110 Å². The molecule has 100 valence electrons. The zero-order valence-electron chi connectivity index (χ0n) is 10.8. The van der Waals surface area contributed by atoms with E-state index in [1.807, 2.05) is 0 Å². The summed E-state index contributed by atoms with van der Waals surface area (Å²) in [4.78, 5) is 0. The minimum absolute atomic E-state index is 0.118. The van der Waals surface area contributed by atoms with E-state index in [1.54, 1.807) is 24.3 Å². The number of hydrogen-bond donors (Lipinski definition) is 1. The van der Waals surface area contributed by atoms with Crippen molar-refractivity contribution in [2.45, 2.75) is 13.0 Å². The Morgan fingerprint density at radius 1 is 1.00 bits per heavy atom. The zero-order valence-corrected chi connectivity index (χ0v) is 10.8. The summed E-state index contributed by atoms with van der Waals surface area (Å²) >= 11 is 0. The van der Waals surface area contributed by atoms with E-state index in [4.69, 9.17) is 10.5 Å². The van der Waals surface area contributed by atoms with Crippen LogP contribution in [-0.2, 0) is 0 Å². The van der Waals surface area contributed by atoms with Gasteiger partial charge in [-0.05, 0) is 18.6 Å². The summed E-state index contributed by atoms with van der Waals surface area (Å²) < 4.78 is 32.7. The molecule has 4 heteroatoms. The molecule has 0 heterocycles. The van der Waals surface area contributed by atoms with E-state index >= 15 is 0 Å². The second-order valence-corrected chi connectivity index (χ2v) is 4.32. The van der Waals surface area contributed by atoms with Gasteiger partial charge in [-0.2, -0.15) is 0 Å². The highest BCUT2D eigenvalue weighted by molar-refractivity contribution is 5.42. The van der Waals surface area contributed by atoms with Gasteiger partial charge in [0.15, 0.2) is 11.6 Å². The van der Waals surface area contributed by atoms with Crippen LogP contribution in [0.1, 0.15) is 22.7 Å². The van der Waals surface area contributed by atoms with Crippen molar-refractivity contribution in [2.24, 2.45) is 5.73 Å². The number of para-hydroxylation sites is 1. The standard InChI is InChI=1S/C15H15F2NO/c1-9-7-8-11(14(17)13(9)16)15(18)10-5-3-4-6-12(10)19-2/h3-8,15H,18H2,1-2H3. The fourth-order valence-electron chi connectivity index (χ4n) is 1.99. The van der Waals surface area contributed by atoms with Crippen LogP contribution in [0.5, 0.6) is 5.75 Å². The summed E-state index contributed by atoms with van der Waals surface area (Å²) in [5.74, 6) is -1.21. The van der Waals surface area contributed by atoms with Gasteiger partial charge in [0.25, 0.3) is 0 Å². The van der Waals surface area contributed by atoms with Crippen molar-refractivity contribution in [3.05, 3.63) is 64.7 Å². The lowest BCUT2D eigenvalue weighted by molar-refractivity contribution is 0.407. The molecule has 0 aliphatic heterocycles. The number of halogens is 2. The third-order valence-corrected chi connectivity index (χ3v) is 3.11. The summed E-state index contributed by atoms with van der Waals surface area (Å²) in [7, 11) is 1.51. The number of rotatable bonds is 3. The van der Waals surface area contributed by atoms with E-state index in [0.717, 1.165) is 0 Å². The van der Waals surface area contributed by atoms with E-state index in [-0.39, 0.29) is 11.1 Å². The Bertz CT molecular complexity index is 599. The Balaban J connectivity index is 2.50. The van der Waals surface area contributed by atoms with Crippen LogP contribution >= 0.6 is 0 Å². The average molecular weight is 263 g/mol. The molecular formula is C15H15F2NO. The molecule has 0 amide bonds. The molecule has 0 radical (unpaired) electrons. The summed E-state index contributed by atoms with van der Waals surface area (Å²) in [5, 5.41) is 0. The van der Waals surface area contributed by atoms with E-state index < -0.39 is 17.7 Å². The highest BCUT2D eigenvalue weighted by atomic mass is 19.2. The summed E-state index contributed by atoms with van der Waals surface area (Å²) in [6, 6.07) is 9.29. The van der Waals surface area contributed by atoms with Crippen LogP contribution < -0.4 is 10.5 Å². The molecule has 0 saturated heterocycles. The number of ether oxygens (including phenoxy) is 1. The van der Waals surface area contributed by atoms with Gasteiger partial charge in [0.05, 0.1) is 13.2 Å². The Kier molecular flexibility index (Phi) is 3.81. The second-order valence-electron chi connectivity index (χ2n) is 4.32. The third kappa shape index (κ3) is 2.44. The van der Waals surface area contributed by atoms with Gasteiger partial charge in [0.2, 0.25) is 0 Å². The first kappa shape index (κ1) is 13.5. The smallest absolute Gasteiger partial charge is 0.164 e. The van der Waals surface area contributed by atoms with E-state index in [9.17, 15) is 8.78 Å². The van der Waals surface area contributed by atoms with Gasteiger partial charge in [-0.25, -0.2) is 8.78 Å². The fraction of sp³-hybridized carbons (Fsp3) is 0.200. The lowest BCUT2D eigenvalue weighted by Crippen LogP contribution is -2.15. The van der Waals surface area contributed by atoms with Crippen LogP contribution in [0.15, 0.2) is 36.4 Å². The molecule has 0 fully saturated rings. The maximum Gasteiger partial charge on any atom is 0.164 e. The predicted molar refractivity (Wildman–Crippen MR) is 70.1 cm³/mol. The monoisotopic (exact) mass is 263 g/mol. The molecule has 2 nitrogen and oxygen atoms in total. The molecular weight excluding hydrogens is 248 g/mol. The topological polar surface area (TPSA) is 35.2 Å². The first-order chi connectivity index (χ1) is 9.06. The predicted octanol–water partition coefficient (Wildman–Crippen LogP) is 3.33. The number of hydrogen-bond acceptors (Lipinski definition) is 2. The summed E-state index contributed by atoms with van der Waals surface area (Å²) in [6.07, 6.45) is 0. The van der Waals surface area contributed by atoms with Crippen LogP contribution in [0.2, 0.25) is 0 Å². The maximum atomic E-state index is 13.9. The molecule has 1 unspecified atom stereocenters. The molecule has 0 aromatic heterocycles. The second kappa shape index (κ2) is 5.36. The van der Waals surface area contributed by atoms with Gasteiger partial charge in [0, 0.05) is 11.1 Å². The quantitative estimate of drug-likeness (QED) is 0.921. The van der Waals surface area contributed by atoms with Gasteiger partial charge < -0.3 is 10.5 Å². The van der Waals surface area contributed by atoms with Gasteiger partial charge in [0.1, 0.15) is 5.75 Å². The third-order valence-electron chi connectivity index (χ3n) is 3.11. The zero-order chi connectivity index (χ0) is 14.0. The van der Waals surface area contributed by atoms with Crippen molar-refractivity contribution in [1.82, 2.24) is 0 Å². The number of nitrogens with two attached hydrogens (primary N) is 1. The van der Waals surface area contributed by atoms with Crippen molar-refractivity contribution < 1.29 is 13.5 Å². The first-order valence-corrected chi connectivity index (χ1v) is 5.89. The molecule has 1 atom stereocenters. The van der Waals surface area contributed by atoms with Crippen molar-refractivity contribution in [3.63, 3.8) is 0 Å². The Hall–Kier alpha value is -1.94. The minimum Gasteiger partial charge on any atom is -0.496 e. The molecule has 2 aromatic rings. The molecule has 0 bridgehead atoms. The lowest BCUT2D eigenvalue weighted by Gasteiger charge is -2.17. The number of aryl methyl sites for hydroxylation is 1. The van der Waals surface area contributed by atoms with Gasteiger partial charge in [-0.3, -0.25) is 0 Å². The normalized spacial score (nSPS) is 12.3. The molecule has 0 aliphatic rings. The Morgan fingerprint density at radius 2 is 1.68 bits per heavy atom. The molecule has 2 N–H and O–H groups in total. The Morgan fingerprint density at radius 3 is 2.37 bits per heavy atom. The first-order valence-electron chi connectivity index (χ1n) is 5.89. The molecule has 0 spiro atoms. The summed E-state index contributed by atoms with van der Waals surface area (Å²) in [6.45, 7) is 1.51. The highest BCUT2D eigenvalue weighted by Crippen LogP contribution is 2.30. The van der Waals surface area contributed by atoms with Crippen molar-refractivity contribution in [2.75, 3.05) is 7.11 Å². The van der Waals surface area contributed by atoms with Crippen LogP contribution in [0.4, 0.5) is 8.78 Å².